The van der Waals surface area contributed by atoms with Crippen LogP contribution in [0.1, 0.15) is 46.0 Å². The zero-order chi connectivity index (χ0) is 30.3. The monoisotopic (exact) mass is 601 g/mol. The van der Waals surface area contributed by atoms with E-state index in [-0.39, 0.29) is 22.4 Å². The Morgan fingerprint density at radius 2 is 1.80 bits per heavy atom. The van der Waals surface area contributed by atoms with Gasteiger partial charge in [-0.15, -0.1) is 11.7 Å². The summed E-state index contributed by atoms with van der Waals surface area (Å²) in [5.74, 6) is 0.457. The fraction of sp³-hybridized carbons (Fsp3) is 0.278. The Morgan fingerprint density at radius 1 is 1.07 bits per heavy atom. The van der Waals surface area contributed by atoms with Gasteiger partial charge in [0.25, 0.3) is 5.24 Å². The van der Waals surface area contributed by atoms with Crippen LogP contribution in [0.3, 0.4) is 0 Å². The maximum Gasteiger partial charge on any atom is 0.282 e. The summed E-state index contributed by atoms with van der Waals surface area (Å²) in [7, 11) is 0. The van der Waals surface area contributed by atoms with Crippen molar-refractivity contribution in [1.29, 1.82) is 0 Å². The molecular formula is C36H35N5O2S. The second-order valence-electron chi connectivity index (χ2n) is 11.9. The molecule has 7 nitrogen and oxygen atoms in total. The minimum atomic E-state index is -1.43. The van der Waals surface area contributed by atoms with Gasteiger partial charge in [-0.2, -0.15) is 0 Å². The zero-order valence-electron chi connectivity index (χ0n) is 24.7. The molecule has 0 bridgehead atoms. The summed E-state index contributed by atoms with van der Waals surface area (Å²) in [6.45, 7) is 7.63. The molecule has 7 rings (SSSR count). The smallest absolute Gasteiger partial charge is 0.282 e. The van der Waals surface area contributed by atoms with Crippen molar-refractivity contribution < 1.29 is 9.90 Å². The normalized spacial score (nSPS) is 20.9. The molecule has 0 unspecified atom stereocenters. The Kier molecular flexibility index (Phi) is 7.56. The van der Waals surface area contributed by atoms with E-state index in [1.165, 1.54) is 22.9 Å². The molecule has 2 fully saturated rings. The van der Waals surface area contributed by atoms with Gasteiger partial charge in [0.05, 0.1) is 17.0 Å². The zero-order valence-corrected chi connectivity index (χ0v) is 25.5. The average Bonchev–Trinajstić information content (AvgIpc) is 3.68. The largest absolute Gasteiger partial charge is 0.374 e. The van der Waals surface area contributed by atoms with Crippen molar-refractivity contribution in [2.24, 2.45) is 11.8 Å². The molecule has 44 heavy (non-hydrogen) atoms. The van der Waals surface area contributed by atoms with Gasteiger partial charge in [-0.3, -0.25) is 14.5 Å². The van der Waals surface area contributed by atoms with Gasteiger partial charge >= 0.3 is 0 Å². The Labute approximate surface area is 261 Å². The van der Waals surface area contributed by atoms with Crippen LogP contribution in [0.4, 0.5) is 4.79 Å². The maximum absolute atomic E-state index is 13.2. The minimum absolute atomic E-state index is 0.0489. The summed E-state index contributed by atoms with van der Waals surface area (Å²) in [5, 5.41) is 22.5. The molecular weight excluding hydrogens is 566 g/mol. The van der Waals surface area contributed by atoms with Crippen LogP contribution in [-0.4, -0.2) is 47.8 Å². The minimum Gasteiger partial charge on any atom is -0.374 e. The maximum atomic E-state index is 13.2. The molecule has 5 aromatic rings. The lowest BCUT2D eigenvalue weighted by Crippen LogP contribution is -2.43. The van der Waals surface area contributed by atoms with E-state index in [1.54, 1.807) is 0 Å². The van der Waals surface area contributed by atoms with Crippen LogP contribution < -0.4 is 0 Å². The number of benzene rings is 3. The summed E-state index contributed by atoms with van der Waals surface area (Å²) in [6.07, 6.45) is 7.53. The second kappa shape index (κ2) is 11.7. The number of pyridine rings is 1. The SMILES string of the molecule is C=C[C@@H](Cn1cc(C(O)(c2ccccc2)c2ccccc2)nn1)[C@H]1CCN2C(=O)S[C@@H](c3ccnc4ccc(C)cc34)[C@@H]2C1. The van der Waals surface area contributed by atoms with E-state index in [1.807, 2.05) is 83.8 Å². The molecule has 2 saturated heterocycles. The van der Waals surface area contributed by atoms with Crippen molar-refractivity contribution in [2.75, 3.05) is 6.54 Å². The third-order valence-electron chi connectivity index (χ3n) is 9.33. The number of carbonyl (C=O) groups is 1. The van der Waals surface area contributed by atoms with E-state index < -0.39 is 5.60 Å². The molecule has 4 heterocycles. The van der Waals surface area contributed by atoms with Gasteiger partial charge in [0.1, 0.15) is 5.69 Å². The molecule has 1 amide bonds. The number of hydrogen-bond donors (Lipinski definition) is 1. The molecule has 2 aliphatic heterocycles. The highest BCUT2D eigenvalue weighted by molar-refractivity contribution is 8.14. The number of rotatable bonds is 8. The van der Waals surface area contributed by atoms with Gasteiger partial charge in [0.2, 0.25) is 0 Å². The van der Waals surface area contributed by atoms with E-state index in [2.05, 4.69) is 58.0 Å². The average molecular weight is 602 g/mol. The van der Waals surface area contributed by atoms with E-state index in [0.717, 1.165) is 41.4 Å². The summed E-state index contributed by atoms with van der Waals surface area (Å²) in [6, 6.07) is 27.7. The predicted molar refractivity (Wildman–Crippen MR) is 174 cm³/mol. The molecule has 3 aromatic carbocycles. The van der Waals surface area contributed by atoms with Crippen molar-refractivity contribution >= 4 is 27.9 Å². The first kappa shape index (κ1) is 28.5. The fourth-order valence-corrected chi connectivity index (χ4v) is 8.32. The van der Waals surface area contributed by atoms with E-state index >= 15 is 0 Å². The number of fused-ring (bicyclic) bond motifs is 2. The second-order valence-corrected chi connectivity index (χ2v) is 13.0. The number of amides is 1. The third-order valence-corrected chi connectivity index (χ3v) is 10.6. The van der Waals surface area contributed by atoms with Gasteiger partial charge in [-0.25, -0.2) is 0 Å². The Hall–Kier alpha value is -4.27. The number of hydrogen-bond acceptors (Lipinski definition) is 6. The number of nitrogens with zero attached hydrogens (tertiary/aromatic N) is 5. The summed E-state index contributed by atoms with van der Waals surface area (Å²) in [5.41, 5.74) is 3.84. The van der Waals surface area contributed by atoms with Gasteiger partial charge in [-0.1, -0.05) is 95.3 Å². The predicted octanol–water partition coefficient (Wildman–Crippen LogP) is 6.91. The molecule has 2 aliphatic rings. The van der Waals surface area contributed by atoms with Crippen LogP contribution in [0.25, 0.3) is 10.9 Å². The lowest BCUT2D eigenvalue weighted by molar-refractivity contribution is 0.120. The van der Waals surface area contributed by atoms with Crippen LogP contribution in [0.5, 0.6) is 0 Å². The van der Waals surface area contributed by atoms with Crippen molar-refractivity contribution in [2.45, 2.75) is 43.2 Å². The Balaban J connectivity index is 1.15. The molecule has 0 radical (unpaired) electrons. The van der Waals surface area contributed by atoms with Crippen molar-refractivity contribution in [3.63, 3.8) is 0 Å². The molecule has 0 spiro atoms. The first-order valence-electron chi connectivity index (χ1n) is 15.1. The lowest BCUT2D eigenvalue weighted by Gasteiger charge is -2.39. The highest BCUT2D eigenvalue weighted by Gasteiger charge is 2.46. The van der Waals surface area contributed by atoms with Crippen LogP contribution in [0, 0.1) is 18.8 Å². The number of aryl methyl sites for hydroxylation is 1. The lowest BCUT2D eigenvalue weighted by atomic mass is 9.79. The van der Waals surface area contributed by atoms with Crippen molar-refractivity contribution in [3.8, 4) is 0 Å². The van der Waals surface area contributed by atoms with Crippen molar-refractivity contribution in [1.82, 2.24) is 24.9 Å². The molecule has 8 heteroatoms. The molecule has 222 valence electrons. The molecule has 0 saturated carbocycles. The summed E-state index contributed by atoms with van der Waals surface area (Å²) < 4.78 is 1.83. The van der Waals surface area contributed by atoms with Gasteiger partial charge in [0.15, 0.2) is 5.60 Å². The number of allylic oxidation sites excluding steroid dienone is 1. The van der Waals surface area contributed by atoms with Crippen molar-refractivity contribution in [3.05, 3.63) is 138 Å². The van der Waals surface area contributed by atoms with Gasteiger partial charge in [0, 0.05) is 30.7 Å². The highest BCUT2D eigenvalue weighted by Crippen LogP contribution is 2.50. The first-order valence-corrected chi connectivity index (χ1v) is 16.0. The Bertz CT molecular complexity index is 1770. The summed E-state index contributed by atoms with van der Waals surface area (Å²) >= 11 is 1.45. The third kappa shape index (κ3) is 5.02. The van der Waals surface area contributed by atoms with Gasteiger partial charge in [-0.05, 0) is 66.5 Å². The number of aliphatic hydroxyl groups is 1. The fourth-order valence-electron chi connectivity index (χ4n) is 6.99. The molecule has 2 aromatic heterocycles. The van der Waals surface area contributed by atoms with Gasteiger partial charge < -0.3 is 10.0 Å². The first-order chi connectivity index (χ1) is 21.5. The van der Waals surface area contributed by atoms with E-state index in [4.69, 9.17) is 0 Å². The topological polar surface area (TPSA) is 84.1 Å². The molecule has 1 N–H and O–H groups in total. The highest BCUT2D eigenvalue weighted by atomic mass is 32.2. The van der Waals surface area contributed by atoms with Crippen LogP contribution in [-0.2, 0) is 12.1 Å². The quantitative estimate of drug-likeness (QED) is 0.195. The van der Waals surface area contributed by atoms with Crippen LogP contribution in [0.2, 0.25) is 0 Å². The number of thioether (sulfide) groups is 1. The number of piperidine rings is 1. The molecule has 0 aliphatic carbocycles. The standard InChI is InChI=1S/C36H35N5O2S/c1-3-25(22-40-23-33(38-39-40)36(43,27-10-6-4-7-11-27)28-12-8-5-9-13-28)26-17-19-41-32(21-26)34(44-35(41)42)29-16-18-37-31-15-14-24(2)20-30(29)31/h3-16,18,20,23,25-26,32,34,43H,1,17,19,21-22H2,2H3/t25-,26-,32-,34-/m0/s1. The number of aromatic nitrogens is 4. The number of carbonyl (C=O) groups excluding carboxylic acids is 1. The van der Waals surface area contributed by atoms with Crippen LogP contribution >= 0.6 is 11.8 Å². The summed E-state index contributed by atoms with van der Waals surface area (Å²) in [4.78, 5) is 19.8. The van der Waals surface area contributed by atoms with E-state index in [0.29, 0.717) is 18.2 Å². The Morgan fingerprint density at radius 3 is 2.50 bits per heavy atom. The van der Waals surface area contributed by atoms with E-state index in [9.17, 15) is 9.90 Å². The van der Waals surface area contributed by atoms with Crippen LogP contribution in [0.15, 0.2) is 110 Å². The molecule has 4 atom stereocenters.